The van der Waals surface area contributed by atoms with Crippen LogP contribution in [0.2, 0.25) is 19.6 Å². The molecule has 1 aromatic heterocycles. The van der Waals surface area contributed by atoms with Gasteiger partial charge in [-0.15, -0.1) is 5.10 Å². The highest BCUT2D eigenvalue weighted by Gasteiger charge is 2.16. The van der Waals surface area contributed by atoms with Crippen molar-refractivity contribution in [3.8, 4) is 0 Å². The number of nitrogens with zero attached hydrogens (tertiary/aromatic N) is 3. The summed E-state index contributed by atoms with van der Waals surface area (Å²) in [5.74, 6) is 0. The van der Waals surface area contributed by atoms with Crippen molar-refractivity contribution in [2.45, 2.75) is 32.2 Å². The Morgan fingerprint density at radius 3 is 2.33 bits per heavy atom. The highest BCUT2D eigenvalue weighted by Crippen LogP contribution is 2.18. The minimum absolute atomic E-state index is 0.793. The molecule has 4 heteroatoms. The lowest BCUT2D eigenvalue weighted by Gasteiger charge is -2.18. The van der Waals surface area contributed by atoms with Gasteiger partial charge in [0.2, 0.25) is 0 Å². The summed E-state index contributed by atoms with van der Waals surface area (Å²) < 4.78 is 2.00. The summed E-state index contributed by atoms with van der Waals surface area (Å²) in [4.78, 5) is 0. The first-order valence-corrected chi connectivity index (χ1v) is 11.1. The van der Waals surface area contributed by atoms with Gasteiger partial charge in [-0.3, -0.25) is 0 Å². The summed E-state index contributed by atoms with van der Waals surface area (Å²) in [5, 5.41) is 8.55. The average Bonchev–Trinajstić information content (AvgIpc) is 2.83. The molecule has 3 rings (SSSR count). The standard InChI is InChI=1S/C17H21N3Si/c1-21(2,3)13-15-9-5-4-8-14(15)12-20-17-11-7-6-10-16(17)18-19-20/h4-11H,12-13H2,1-3H3. The molecular weight excluding hydrogens is 274 g/mol. The Balaban J connectivity index is 1.95. The maximum Gasteiger partial charge on any atom is 0.113 e. The van der Waals surface area contributed by atoms with Crippen LogP contribution in [0.25, 0.3) is 11.0 Å². The monoisotopic (exact) mass is 295 g/mol. The first kappa shape index (κ1) is 14.0. The van der Waals surface area contributed by atoms with Crippen LogP contribution in [-0.2, 0) is 12.6 Å². The zero-order valence-electron chi connectivity index (χ0n) is 12.9. The van der Waals surface area contributed by atoms with Crippen LogP contribution in [0.4, 0.5) is 0 Å². The molecule has 0 spiro atoms. The van der Waals surface area contributed by atoms with Gasteiger partial charge in [-0.25, -0.2) is 4.68 Å². The Morgan fingerprint density at radius 2 is 1.57 bits per heavy atom. The summed E-state index contributed by atoms with van der Waals surface area (Å²) in [6.07, 6.45) is 0. The van der Waals surface area contributed by atoms with Gasteiger partial charge in [0.15, 0.2) is 0 Å². The molecule has 0 saturated heterocycles. The fourth-order valence-corrected chi connectivity index (χ4v) is 4.14. The predicted molar refractivity (Wildman–Crippen MR) is 90.1 cm³/mol. The summed E-state index contributed by atoms with van der Waals surface area (Å²) >= 11 is 0. The Labute approximate surface area is 126 Å². The van der Waals surface area contributed by atoms with Crippen LogP contribution in [0.1, 0.15) is 11.1 Å². The zero-order valence-corrected chi connectivity index (χ0v) is 13.9. The van der Waals surface area contributed by atoms with Crippen LogP contribution in [0.5, 0.6) is 0 Å². The van der Waals surface area contributed by atoms with E-state index in [0.717, 1.165) is 17.6 Å². The van der Waals surface area contributed by atoms with Crippen LogP contribution in [0.3, 0.4) is 0 Å². The van der Waals surface area contributed by atoms with E-state index >= 15 is 0 Å². The maximum absolute atomic E-state index is 4.31. The Hall–Kier alpha value is -1.94. The van der Waals surface area contributed by atoms with Gasteiger partial charge >= 0.3 is 0 Å². The third-order valence-corrected chi connectivity index (χ3v) is 5.02. The highest BCUT2D eigenvalue weighted by molar-refractivity contribution is 6.75. The lowest BCUT2D eigenvalue weighted by Crippen LogP contribution is -2.25. The van der Waals surface area contributed by atoms with Gasteiger partial charge in [0.05, 0.1) is 12.1 Å². The van der Waals surface area contributed by atoms with E-state index in [1.54, 1.807) is 0 Å². The number of aromatic nitrogens is 3. The highest BCUT2D eigenvalue weighted by atomic mass is 28.3. The Kier molecular flexibility index (Phi) is 3.63. The Bertz CT molecular complexity index is 756. The van der Waals surface area contributed by atoms with Crippen molar-refractivity contribution in [3.05, 3.63) is 59.7 Å². The van der Waals surface area contributed by atoms with Crippen molar-refractivity contribution < 1.29 is 0 Å². The molecule has 0 radical (unpaired) electrons. The van der Waals surface area contributed by atoms with E-state index in [-0.39, 0.29) is 0 Å². The number of benzene rings is 2. The normalized spacial score (nSPS) is 12.0. The van der Waals surface area contributed by atoms with E-state index in [2.05, 4.69) is 60.3 Å². The van der Waals surface area contributed by atoms with Crippen molar-refractivity contribution >= 4 is 19.1 Å². The van der Waals surface area contributed by atoms with Gasteiger partial charge in [0.1, 0.15) is 5.52 Å². The molecular formula is C17H21N3Si. The van der Waals surface area contributed by atoms with Crippen LogP contribution in [0, 0.1) is 0 Å². The van der Waals surface area contributed by atoms with E-state index in [1.807, 2.05) is 22.9 Å². The third kappa shape index (κ3) is 3.21. The first-order valence-electron chi connectivity index (χ1n) is 7.38. The third-order valence-electron chi connectivity index (χ3n) is 3.58. The molecule has 0 saturated carbocycles. The molecule has 0 aliphatic heterocycles. The fourth-order valence-electron chi connectivity index (χ4n) is 2.65. The van der Waals surface area contributed by atoms with Gasteiger partial charge in [0.25, 0.3) is 0 Å². The lowest BCUT2D eigenvalue weighted by molar-refractivity contribution is 0.667. The number of hydrogen-bond donors (Lipinski definition) is 0. The molecule has 1 heterocycles. The maximum atomic E-state index is 4.31. The molecule has 0 fully saturated rings. The number of rotatable bonds is 4. The molecule has 0 unspecified atom stereocenters. The van der Waals surface area contributed by atoms with Crippen molar-refractivity contribution in [1.29, 1.82) is 0 Å². The first-order chi connectivity index (χ1) is 10.0. The summed E-state index contributed by atoms with van der Waals surface area (Å²) in [7, 11) is -1.13. The van der Waals surface area contributed by atoms with Gasteiger partial charge in [0, 0.05) is 8.07 Å². The van der Waals surface area contributed by atoms with Crippen LogP contribution < -0.4 is 0 Å². The van der Waals surface area contributed by atoms with Crippen molar-refractivity contribution in [1.82, 2.24) is 15.0 Å². The number of hydrogen-bond acceptors (Lipinski definition) is 2. The largest absolute Gasteiger partial charge is 0.240 e. The van der Waals surface area contributed by atoms with Gasteiger partial charge in [-0.2, -0.15) is 0 Å². The number of para-hydroxylation sites is 1. The molecule has 21 heavy (non-hydrogen) atoms. The molecule has 2 aromatic carbocycles. The predicted octanol–water partition coefficient (Wildman–Crippen LogP) is 3.90. The second-order valence-corrected chi connectivity index (χ2v) is 12.2. The molecule has 3 nitrogen and oxygen atoms in total. The second kappa shape index (κ2) is 5.45. The molecule has 108 valence electrons. The minimum atomic E-state index is -1.13. The number of fused-ring (bicyclic) bond motifs is 1. The van der Waals surface area contributed by atoms with Crippen LogP contribution in [0.15, 0.2) is 48.5 Å². The second-order valence-electron chi connectivity index (χ2n) is 6.74. The molecule has 0 aliphatic rings. The summed E-state index contributed by atoms with van der Waals surface area (Å²) in [6, 6.07) is 18.1. The van der Waals surface area contributed by atoms with E-state index in [4.69, 9.17) is 0 Å². The summed E-state index contributed by atoms with van der Waals surface area (Å²) in [6.45, 7) is 8.03. The molecule has 0 atom stereocenters. The van der Waals surface area contributed by atoms with E-state index < -0.39 is 8.07 Å². The minimum Gasteiger partial charge on any atom is -0.240 e. The molecule has 0 amide bonds. The molecule has 0 N–H and O–H groups in total. The van der Waals surface area contributed by atoms with E-state index in [0.29, 0.717) is 0 Å². The van der Waals surface area contributed by atoms with Crippen LogP contribution in [-0.4, -0.2) is 23.1 Å². The topological polar surface area (TPSA) is 30.7 Å². The Morgan fingerprint density at radius 1 is 0.905 bits per heavy atom. The van der Waals surface area contributed by atoms with Crippen LogP contribution >= 0.6 is 0 Å². The fraction of sp³-hybridized carbons (Fsp3) is 0.294. The van der Waals surface area contributed by atoms with E-state index in [9.17, 15) is 0 Å². The molecule has 0 aliphatic carbocycles. The lowest BCUT2D eigenvalue weighted by atomic mass is 10.1. The van der Waals surface area contributed by atoms with Gasteiger partial charge in [-0.05, 0) is 29.3 Å². The van der Waals surface area contributed by atoms with Gasteiger partial charge in [-0.1, -0.05) is 61.3 Å². The molecule has 3 aromatic rings. The van der Waals surface area contributed by atoms with Gasteiger partial charge < -0.3 is 0 Å². The zero-order chi connectivity index (χ0) is 14.9. The average molecular weight is 295 g/mol. The van der Waals surface area contributed by atoms with Crippen molar-refractivity contribution in [3.63, 3.8) is 0 Å². The molecule has 0 bridgehead atoms. The van der Waals surface area contributed by atoms with Crippen molar-refractivity contribution in [2.75, 3.05) is 0 Å². The van der Waals surface area contributed by atoms with Crippen molar-refractivity contribution in [2.24, 2.45) is 0 Å². The quantitative estimate of drug-likeness (QED) is 0.683. The van der Waals surface area contributed by atoms with E-state index in [1.165, 1.54) is 17.2 Å². The SMILES string of the molecule is C[Si](C)(C)Cc1ccccc1Cn1nnc2ccccc21. The summed E-state index contributed by atoms with van der Waals surface area (Å²) in [5.41, 5.74) is 4.87. The smallest absolute Gasteiger partial charge is 0.113 e.